The Kier molecular flexibility index (Phi) is 5.79. The van der Waals surface area contributed by atoms with Crippen molar-refractivity contribution >= 4 is 23.2 Å². The third kappa shape index (κ3) is 4.24. The second kappa shape index (κ2) is 8.23. The summed E-state index contributed by atoms with van der Waals surface area (Å²) in [6.07, 6.45) is 5.76. The number of benzene rings is 1. The van der Waals surface area contributed by atoms with E-state index in [2.05, 4.69) is 17.7 Å². The zero-order valence-corrected chi connectivity index (χ0v) is 14.9. The van der Waals surface area contributed by atoms with E-state index in [4.69, 9.17) is 16.0 Å². The molecule has 0 fully saturated rings. The highest BCUT2D eigenvalue weighted by atomic mass is 35.5. The number of hydrogen-bond donors (Lipinski definition) is 2. The second-order valence-electron chi connectivity index (χ2n) is 5.95. The van der Waals surface area contributed by atoms with Gasteiger partial charge >= 0.3 is 0 Å². The third-order valence-electron chi connectivity index (χ3n) is 4.09. The molecule has 0 spiro atoms. The van der Waals surface area contributed by atoms with Gasteiger partial charge in [-0.2, -0.15) is 0 Å². The molecule has 1 aromatic heterocycles. The van der Waals surface area contributed by atoms with Crippen molar-refractivity contribution in [3.8, 4) is 0 Å². The summed E-state index contributed by atoms with van der Waals surface area (Å²) in [5, 5.41) is 5.48. The van der Waals surface area contributed by atoms with Crippen LogP contribution in [0.4, 0.5) is 0 Å². The van der Waals surface area contributed by atoms with Crippen LogP contribution in [0.5, 0.6) is 0 Å². The monoisotopic (exact) mass is 359 g/mol. The maximum Gasteiger partial charge on any atom is 0.255 e. The van der Waals surface area contributed by atoms with Crippen molar-refractivity contribution < 1.29 is 9.21 Å². The molecule has 6 heteroatoms. The van der Waals surface area contributed by atoms with E-state index in [9.17, 15) is 4.79 Å². The number of nitrogens with one attached hydrogen (secondary N) is 2. The highest BCUT2D eigenvalue weighted by Gasteiger charge is 2.32. The lowest BCUT2D eigenvalue weighted by Gasteiger charge is -2.24. The summed E-state index contributed by atoms with van der Waals surface area (Å²) in [6, 6.07) is 10.9. The van der Waals surface area contributed by atoms with Gasteiger partial charge in [0.05, 0.1) is 18.5 Å². The first kappa shape index (κ1) is 17.6. The molecular formula is C19H22ClN3O2. The number of halogens is 1. The molecule has 0 saturated heterocycles. The van der Waals surface area contributed by atoms with Crippen LogP contribution in [0.15, 0.2) is 53.2 Å². The predicted molar refractivity (Wildman–Crippen MR) is 98.6 cm³/mol. The first-order valence-electron chi connectivity index (χ1n) is 8.49. The van der Waals surface area contributed by atoms with Crippen molar-refractivity contribution in [2.75, 3.05) is 13.1 Å². The lowest BCUT2D eigenvalue weighted by Crippen LogP contribution is -2.44. The van der Waals surface area contributed by atoms with Crippen molar-refractivity contribution in [2.45, 2.75) is 25.8 Å². The summed E-state index contributed by atoms with van der Waals surface area (Å²) >= 11 is 5.96. The zero-order chi connectivity index (χ0) is 17.6. The van der Waals surface area contributed by atoms with Crippen LogP contribution < -0.4 is 10.7 Å². The number of carbonyl (C=O) groups is 1. The quantitative estimate of drug-likeness (QED) is 0.739. The molecule has 1 aliphatic rings. The Bertz CT molecular complexity index is 726. The molecule has 1 amide bonds. The smallest absolute Gasteiger partial charge is 0.255 e. The van der Waals surface area contributed by atoms with E-state index < -0.39 is 0 Å². The van der Waals surface area contributed by atoms with Crippen molar-refractivity contribution in [1.29, 1.82) is 0 Å². The minimum atomic E-state index is -0.277. The zero-order valence-electron chi connectivity index (χ0n) is 14.2. The van der Waals surface area contributed by atoms with Gasteiger partial charge in [-0.25, -0.2) is 5.01 Å². The van der Waals surface area contributed by atoms with Crippen LogP contribution in [0.1, 0.15) is 37.1 Å². The Hall–Kier alpha value is -2.24. The molecule has 0 aliphatic carbocycles. The summed E-state index contributed by atoms with van der Waals surface area (Å²) in [6.45, 7) is 3.24. The average Bonchev–Trinajstić information content (AvgIpc) is 3.28. The highest BCUT2D eigenvalue weighted by Crippen LogP contribution is 2.31. The molecule has 25 heavy (non-hydrogen) atoms. The first-order chi connectivity index (χ1) is 12.2. The van der Waals surface area contributed by atoms with Gasteiger partial charge in [0, 0.05) is 5.02 Å². The van der Waals surface area contributed by atoms with Crippen LogP contribution in [0.2, 0.25) is 5.02 Å². The van der Waals surface area contributed by atoms with Gasteiger partial charge < -0.3 is 9.73 Å². The Balaban J connectivity index is 1.76. The Morgan fingerprint density at radius 3 is 2.80 bits per heavy atom. The second-order valence-corrected chi connectivity index (χ2v) is 6.39. The number of hydrazine groups is 1. The molecule has 2 N–H and O–H groups in total. The van der Waals surface area contributed by atoms with Crippen LogP contribution in [0, 0.1) is 0 Å². The standard InChI is InChI=1S/C19H22ClN3O2/c1-2-3-10-21-13-19(24)23-17(18-5-4-11-25-18)12-16(22-23)14-6-8-15(20)9-7-14/h4-9,11-12,17,21-22H,2-3,10,13H2,1H3/t17-/m0/s1. The number of carbonyl (C=O) groups excluding carboxylic acids is 1. The van der Waals surface area contributed by atoms with E-state index in [0.29, 0.717) is 5.02 Å². The number of unbranched alkanes of at least 4 members (excludes halogenated alkanes) is 1. The molecule has 0 unspecified atom stereocenters. The van der Waals surface area contributed by atoms with Crippen molar-refractivity contribution in [3.05, 3.63) is 65.1 Å². The Morgan fingerprint density at radius 2 is 2.12 bits per heavy atom. The fourth-order valence-electron chi connectivity index (χ4n) is 2.73. The van der Waals surface area contributed by atoms with Gasteiger partial charge in [-0.3, -0.25) is 10.2 Å². The van der Waals surface area contributed by atoms with Gasteiger partial charge in [-0.05, 0) is 48.9 Å². The van der Waals surface area contributed by atoms with E-state index in [1.807, 2.05) is 42.5 Å². The molecule has 1 atom stereocenters. The number of hydrogen-bond acceptors (Lipinski definition) is 4. The predicted octanol–water partition coefficient (Wildman–Crippen LogP) is 3.75. The molecule has 5 nitrogen and oxygen atoms in total. The molecule has 2 heterocycles. The fourth-order valence-corrected chi connectivity index (χ4v) is 2.85. The Labute approximate surface area is 152 Å². The van der Waals surface area contributed by atoms with Gasteiger partial charge in [-0.15, -0.1) is 0 Å². The van der Waals surface area contributed by atoms with Crippen molar-refractivity contribution in [2.24, 2.45) is 0 Å². The molecule has 0 bridgehead atoms. The Morgan fingerprint density at radius 1 is 1.32 bits per heavy atom. The van der Waals surface area contributed by atoms with E-state index in [0.717, 1.165) is 36.4 Å². The molecule has 3 rings (SSSR count). The number of amides is 1. The summed E-state index contributed by atoms with van der Waals surface area (Å²) in [7, 11) is 0. The summed E-state index contributed by atoms with van der Waals surface area (Å²) < 4.78 is 5.52. The SMILES string of the molecule is CCCCNCC(=O)N1NC(c2ccc(Cl)cc2)=C[C@H]1c1ccco1. The van der Waals surface area contributed by atoms with Gasteiger partial charge in [0.1, 0.15) is 11.8 Å². The highest BCUT2D eigenvalue weighted by molar-refractivity contribution is 6.30. The molecule has 1 aliphatic heterocycles. The summed E-state index contributed by atoms with van der Waals surface area (Å²) in [4.78, 5) is 12.6. The van der Waals surface area contributed by atoms with E-state index in [1.165, 1.54) is 0 Å². The maximum atomic E-state index is 12.6. The number of furan rings is 1. The largest absolute Gasteiger partial charge is 0.467 e. The molecule has 2 aromatic rings. The van der Waals surface area contributed by atoms with Gasteiger partial charge in [-0.1, -0.05) is 37.1 Å². The van der Waals surface area contributed by atoms with Crippen LogP contribution in [-0.4, -0.2) is 24.0 Å². The third-order valence-corrected chi connectivity index (χ3v) is 4.34. The first-order valence-corrected chi connectivity index (χ1v) is 8.87. The minimum Gasteiger partial charge on any atom is -0.467 e. The lowest BCUT2D eigenvalue weighted by molar-refractivity contribution is -0.133. The van der Waals surface area contributed by atoms with Crippen LogP contribution in [-0.2, 0) is 4.79 Å². The van der Waals surface area contributed by atoms with Crippen LogP contribution in [0.3, 0.4) is 0 Å². The molecule has 0 radical (unpaired) electrons. The molecule has 0 saturated carbocycles. The normalized spacial score (nSPS) is 16.6. The fraction of sp³-hybridized carbons (Fsp3) is 0.316. The van der Waals surface area contributed by atoms with E-state index in [-0.39, 0.29) is 18.5 Å². The lowest BCUT2D eigenvalue weighted by atomic mass is 10.1. The van der Waals surface area contributed by atoms with Crippen molar-refractivity contribution in [3.63, 3.8) is 0 Å². The van der Waals surface area contributed by atoms with Crippen LogP contribution in [0.25, 0.3) is 5.70 Å². The number of nitrogens with zero attached hydrogens (tertiary/aromatic N) is 1. The average molecular weight is 360 g/mol. The topological polar surface area (TPSA) is 57.5 Å². The van der Waals surface area contributed by atoms with E-state index in [1.54, 1.807) is 11.3 Å². The molecule has 1 aromatic carbocycles. The van der Waals surface area contributed by atoms with Gasteiger partial charge in [0.15, 0.2) is 0 Å². The van der Waals surface area contributed by atoms with E-state index >= 15 is 0 Å². The summed E-state index contributed by atoms with van der Waals surface area (Å²) in [5.74, 6) is 0.691. The summed E-state index contributed by atoms with van der Waals surface area (Å²) in [5.41, 5.74) is 5.04. The minimum absolute atomic E-state index is 0.0299. The van der Waals surface area contributed by atoms with Crippen LogP contribution >= 0.6 is 11.6 Å². The molecular weight excluding hydrogens is 338 g/mol. The maximum absolute atomic E-state index is 12.6. The molecule has 132 valence electrons. The number of rotatable bonds is 7. The van der Waals surface area contributed by atoms with Crippen molar-refractivity contribution in [1.82, 2.24) is 15.8 Å². The van der Waals surface area contributed by atoms with Gasteiger partial charge in [0.25, 0.3) is 5.91 Å². The van der Waals surface area contributed by atoms with Gasteiger partial charge in [0.2, 0.25) is 0 Å².